The molecule has 0 amide bonds. The van der Waals surface area contributed by atoms with E-state index in [1.165, 1.54) is 0 Å². The lowest BCUT2D eigenvalue weighted by Gasteiger charge is -2.15. The minimum absolute atomic E-state index is 0.00708. The second-order valence-electron chi connectivity index (χ2n) is 3.86. The van der Waals surface area contributed by atoms with Crippen LogP contribution in [0.25, 0.3) is 11.0 Å². The van der Waals surface area contributed by atoms with Crippen molar-refractivity contribution in [2.24, 2.45) is 0 Å². The Kier molecular flexibility index (Phi) is 3.51. The molecule has 0 N–H and O–H groups in total. The van der Waals surface area contributed by atoms with Crippen molar-refractivity contribution >= 4 is 11.0 Å². The number of hydrogen-bond acceptors (Lipinski definition) is 3. The van der Waals surface area contributed by atoms with Gasteiger partial charge in [-0.2, -0.15) is 0 Å². The molecule has 1 aromatic carbocycles. The lowest BCUT2D eigenvalue weighted by atomic mass is 10.2. The molecule has 0 radical (unpaired) electrons. The van der Waals surface area contributed by atoms with Crippen molar-refractivity contribution in [3.05, 3.63) is 24.3 Å². The largest absolute Gasteiger partial charge is 0.360 e. The number of benzene rings is 1. The molecule has 0 fully saturated rings. The topological polar surface area (TPSA) is 39.9 Å². The molecule has 0 spiro atoms. The van der Waals surface area contributed by atoms with Crippen LogP contribution >= 0.6 is 0 Å². The third-order valence-electron chi connectivity index (χ3n) is 2.73. The molecule has 16 heavy (non-hydrogen) atoms. The molecule has 4 heteroatoms. The smallest absolute Gasteiger partial charge is 0.152 e. The van der Waals surface area contributed by atoms with E-state index in [-0.39, 0.29) is 6.23 Å². The number of para-hydroxylation sites is 1. The Bertz CT molecular complexity index is 452. The molecule has 1 heterocycles. The van der Waals surface area contributed by atoms with E-state index >= 15 is 0 Å². The van der Waals surface area contributed by atoms with Crippen LogP contribution in [0.3, 0.4) is 0 Å². The summed E-state index contributed by atoms with van der Waals surface area (Å²) in [6, 6.07) is 7.95. The quantitative estimate of drug-likeness (QED) is 0.776. The lowest BCUT2D eigenvalue weighted by Crippen LogP contribution is -2.12. The predicted molar refractivity (Wildman–Crippen MR) is 63.1 cm³/mol. The number of unbranched alkanes of at least 4 members (excludes halogenated alkanes) is 1. The summed E-state index contributed by atoms with van der Waals surface area (Å²) in [5.41, 5.74) is 1.95. The van der Waals surface area contributed by atoms with Gasteiger partial charge >= 0.3 is 0 Å². The van der Waals surface area contributed by atoms with Crippen molar-refractivity contribution in [2.45, 2.75) is 32.4 Å². The number of ether oxygens (including phenoxy) is 1. The van der Waals surface area contributed by atoms with Gasteiger partial charge < -0.3 is 4.74 Å². The summed E-state index contributed by atoms with van der Waals surface area (Å²) in [4.78, 5) is 0. The first kappa shape index (κ1) is 11.1. The zero-order valence-electron chi connectivity index (χ0n) is 9.76. The van der Waals surface area contributed by atoms with Gasteiger partial charge in [0.25, 0.3) is 0 Å². The van der Waals surface area contributed by atoms with Gasteiger partial charge in [0, 0.05) is 7.11 Å². The van der Waals surface area contributed by atoms with E-state index in [0.29, 0.717) is 0 Å². The Labute approximate surface area is 95.2 Å². The van der Waals surface area contributed by atoms with Gasteiger partial charge in [-0.3, -0.25) is 0 Å². The van der Waals surface area contributed by atoms with Gasteiger partial charge in [0.2, 0.25) is 0 Å². The van der Waals surface area contributed by atoms with E-state index in [9.17, 15) is 0 Å². The maximum atomic E-state index is 5.47. The van der Waals surface area contributed by atoms with Crippen LogP contribution in [-0.4, -0.2) is 22.1 Å². The SMILES string of the molecule is CCCCC(OC)n1nnc2ccccc21. The van der Waals surface area contributed by atoms with Crippen LogP contribution < -0.4 is 0 Å². The van der Waals surface area contributed by atoms with Crippen molar-refractivity contribution in [2.75, 3.05) is 7.11 Å². The average molecular weight is 219 g/mol. The van der Waals surface area contributed by atoms with E-state index < -0.39 is 0 Å². The first-order chi connectivity index (χ1) is 7.86. The summed E-state index contributed by atoms with van der Waals surface area (Å²) in [5, 5.41) is 8.29. The number of methoxy groups -OCH3 is 1. The molecule has 1 aromatic heterocycles. The second kappa shape index (κ2) is 5.07. The molecular weight excluding hydrogens is 202 g/mol. The van der Waals surface area contributed by atoms with Gasteiger partial charge in [0.1, 0.15) is 5.52 Å². The van der Waals surface area contributed by atoms with Gasteiger partial charge in [0.15, 0.2) is 6.23 Å². The highest BCUT2D eigenvalue weighted by molar-refractivity contribution is 5.73. The van der Waals surface area contributed by atoms with E-state index in [0.717, 1.165) is 30.3 Å². The summed E-state index contributed by atoms with van der Waals surface area (Å²) in [5.74, 6) is 0. The van der Waals surface area contributed by atoms with E-state index in [2.05, 4.69) is 17.2 Å². The number of fused-ring (bicyclic) bond motifs is 1. The molecule has 2 aromatic rings. The average Bonchev–Trinajstić information content (AvgIpc) is 2.75. The Morgan fingerprint density at radius 2 is 2.19 bits per heavy atom. The summed E-state index contributed by atoms with van der Waals surface area (Å²) in [7, 11) is 1.72. The first-order valence-corrected chi connectivity index (χ1v) is 5.69. The van der Waals surface area contributed by atoms with E-state index in [1.807, 2.05) is 28.9 Å². The fraction of sp³-hybridized carbons (Fsp3) is 0.500. The zero-order valence-corrected chi connectivity index (χ0v) is 9.76. The van der Waals surface area contributed by atoms with Crippen molar-refractivity contribution in [3.63, 3.8) is 0 Å². The standard InChI is InChI=1S/C12H17N3O/c1-3-4-9-12(16-2)15-11-8-6-5-7-10(11)13-14-15/h5-8,12H,3-4,9H2,1-2H3. The van der Waals surface area contributed by atoms with Crippen LogP contribution in [0.4, 0.5) is 0 Å². The molecule has 0 aliphatic carbocycles. The first-order valence-electron chi connectivity index (χ1n) is 5.69. The van der Waals surface area contributed by atoms with Gasteiger partial charge in [-0.1, -0.05) is 30.7 Å². The molecule has 4 nitrogen and oxygen atoms in total. The van der Waals surface area contributed by atoms with Crippen molar-refractivity contribution in [1.82, 2.24) is 15.0 Å². The van der Waals surface area contributed by atoms with Gasteiger partial charge in [0.05, 0.1) is 5.52 Å². The molecule has 1 atom stereocenters. The molecule has 86 valence electrons. The molecule has 0 saturated heterocycles. The minimum Gasteiger partial charge on any atom is -0.360 e. The van der Waals surface area contributed by atoms with E-state index in [1.54, 1.807) is 7.11 Å². The van der Waals surface area contributed by atoms with Crippen LogP contribution in [0.5, 0.6) is 0 Å². The molecule has 0 aliphatic heterocycles. The second-order valence-corrected chi connectivity index (χ2v) is 3.86. The number of nitrogens with zero attached hydrogens (tertiary/aromatic N) is 3. The fourth-order valence-corrected chi connectivity index (χ4v) is 1.82. The molecule has 1 unspecified atom stereocenters. The normalized spacial score (nSPS) is 13.1. The molecule has 0 aliphatic rings. The van der Waals surface area contributed by atoms with Crippen LogP contribution in [0, 0.1) is 0 Å². The lowest BCUT2D eigenvalue weighted by molar-refractivity contribution is 0.0273. The number of rotatable bonds is 5. The van der Waals surface area contributed by atoms with Crippen molar-refractivity contribution in [3.8, 4) is 0 Å². The molecule has 0 bridgehead atoms. The molecule has 2 rings (SSSR count). The summed E-state index contributed by atoms with van der Waals surface area (Å²) < 4.78 is 7.33. The van der Waals surface area contributed by atoms with Crippen molar-refractivity contribution in [1.29, 1.82) is 0 Å². The third kappa shape index (κ3) is 2.07. The molecule has 0 saturated carbocycles. The van der Waals surface area contributed by atoms with Crippen LogP contribution in [-0.2, 0) is 4.74 Å². The summed E-state index contributed by atoms with van der Waals surface area (Å²) >= 11 is 0. The summed E-state index contributed by atoms with van der Waals surface area (Å²) in [6.07, 6.45) is 3.26. The van der Waals surface area contributed by atoms with Crippen molar-refractivity contribution < 1.29 is 4.74 Å². The van der Waals surface area contributed by atoms with Gasteiger partial charge in [-0.05, 0) is 25.0 Å². The third-order valence-corrected chi connectivity index (χ3v) is 2.73. The Balaban J connectivity index is 2.30. The maximum absolute atomic E-state index is 5.47. The predicted octanol–water partition coefficient (Wildman–Crippen LogP) is 2.77. The maximum Gasteiger partial charge on any atom is 0.152 e. The van der Waals surface area contributed by atoms with Gasteiger partial charge in [-0.25, -0.2) is 4.68 Å². The van der Waals surface area contributed by atoms with Gasteiger partial charge in [-0.15, -0.1) is 5.10 Å². The monoisotopic (exact) mass is 219 g/mol. The van der Waals surface area contributed by atoms with E-state index in [4.69, 9.17) is 4.74 Å². The summed E-state index contributed by atoms with van der Waals surface area (Å²) in [6.45, 7) is 2.17. The minimum atomic E-state index is -0.00708. The number of hydrogen-bond donors (Lipinski definition) is 0. The highest BCUT2D eigenvalue weighted by atomic mass is 16.5. The Morgan fingerprint density at radius 3 is 2.94 bits per heavy atom. The number of aromatic nitrogens is 3. The van der Waals surface area contributed by atoms with Crippen LogP contribution in [0.15, 0.2) is 24.3 Å². The zero-order chi connectivity index (χ0) is 11.4. The Morgan fingerprint density at radius 1 is 1.38 bits per heavy atom. The highest BCUT2D eigenvalue weighted by Crippen LogP contribution is 2.20. The fourth-order valence-electron chi connectivity index (χ4n) is 1.82. The van der Waals surface area contributed by atoms with Crippen LogP contribution in [0.1, 0.15) is 32.4 Å². The molecular formula is C12H17N3O. The van der Waals surface area contributed by atoms with Crippen LogP contribution in [0.2, 0.25) is 0 Å². The highest BCUT2D eigenvalue weighted by Gasteiger charge is 2.13. The Hall–Kier alpha value is -1.42.